The normalized spacial score (nSPS) is 21.7. The van der Waals surface area contributed by atoms with Crippen molar-refractivity contribution in [3.8, 4) is 0 Å². The Morgan fingerprint density at radius 3 is 2.78 bits per heavy atom. The molecule has 2 unspecified atom stereocenters. The Hall–Kier alpha value is -0.830. The first-order valence-electron chi connectivity index (χ1n) is 6.65. The van der Waals surface area contributed by atoms with Crippen molar-refractivity contribution in [2.75, 3.05) is 11.9 Å². The number of nitrogens with zero attached hydrogens (tertiary/aromatic N) is 1. The van der Waals surface area contributed by atoms with Gasteiger partial charge in [-0.2, -0.15) is 0 Å². The van der Waals surface area contributed by atoms with E-state index < -0.39 is 0 Å². The second-order valence-electron chi connectivity index (χ2n) is 4.97. The van der Waals surface area contributed by atoms with Gasteiger partial charge in [0, 0.05) is 17.9 Å². The first-order valence-corrected chi connectivity index (χ1v) is 7.77. The van der Waals surface area contributed by atoms with Crippen LogP contribution < -0.4 is 0 Å². The molecule has 1 aromatic carbocycles. The quantitative estimate of drug-likeness (QED) is 0.782. The number of carbonyl (C=O) groups excluding carboxylic acids is 1. The Kier molecular flexibility index (Phi) is 4.81. The predicted octanol–water partition coefficient (Wildman–Crippen LogP) is 3.57. The fourth-order valence-corrected chi connectivity index (χ4v) is 3.26. The number of piperidine rings is 1. The second-order valence-corrected chi connectivity index (χ2v) is 5.62. The lowest BCUT2D eigenvalue weighted by Gasteiger charge is -2.36. The van der Waals surface area contributed by atoms with Gasteiger partial charge in [0.2, 0.25) is 5.91 Å². The fourth-order valence-electron chi connectivity index (χ4n) is 2.58. The molecule has 1 aliphatic heterocycles. The predicted molar refractivity (Wildman–Crippen MR) is 78.0 cm³/mol. The molecule has 0 saturated carbocycles. The molecule has 2 atom stereocenters. The summed E-state index contributed by atoms with van der Waals surface area (Å²) in [6, 6.07) is 10.4. The highest BCUT2D eigenvalue weighted by atomic mass is 79.9. The number of halogens is 1. The van der Waals surface area contributed by atoms with Crippen LogP contribution in [0.1, 0.15) is 37.7 Å². The van der Waals surface area contributed by atoms with Crippen LogP contribution in [-0.2, 0) is 4.79 Å². The first kappa shape index (κ1) is 13.6. The molecule has 0 N–H and O–H groups in total. The molecule has 1 aromatic rings. The lowest BCUT2D eigenvalue weighted by Crippen LogP contribution is -2.46. The molecular weight excluding hydrogens is 290 g/mol. The van der Waals surface area contributed by atoms with Gasteiger partial charge in [0.05, 0.1) is 5.92 Å². The molecule has 0 aliphatic carbocycles. The molecule has 0 spiro atoms. The van der Waals surface area contributed by atoms with Crippen LogP contribution in [0.3, 0.4) is 0 Å². The third-order valence-corrected chi connectivity index (χ3v) is 4.51. The van der Waals surface area contributed by atoms with Crippen LogP contribution in [0.15, 0.2) is 30.3 Å². The van der Waals surface area contributed by atoms with Crippen LogP contribution in [-0.4, -0.2) is 28.7 Å². The number of carbonyl (C=O) groups is 1. The van der Waals surface area contributed by atoms with Crippen LogP contribution in [0.4, 0.5) is 0 Å². The van der Waals surface area contributed by atoms with Gasteiger partial charge in [-0.15, -0.1) is 0 Å². The summed E-state index contributed by atoms with van der Waals surface area (Å²) < 4.78 is 0. The van der Waals surface area contributed by atoms with E-state index in [1.165, 1.54) is 6.42 Å². The van der Waals surface area contributed by atoms with E-state index in [1.807, 2.05) is 37.3 Å². The summed E-state index contributed by atoms with van der Waals surface area (Å²) in [5.74, 6) is 0.233. The summed E-state index contributed by atoms with van der Waals surface area (Å²) in [7, 11) is 0. The van der Waals surface area contributed by atoms with Crippen LogP contribution in [0.5, 0.6) is 0 Å². The number of benzene rings is 1. The van der Waals surface area contributed by atoms with Gasteiger partial charge < -0.3 is 4.90 Å². The molecule has 1 fully saturated rings. The van der Waals surface area contributed by atoms with Crippen LogP contribution >= 0.6 is 15.9 Å². The van der Waals surface area contributed by atoms with Gasteiger partial charge in [0.1, 0.15) is 0 Å². The van der Waals surface area contributed by atoms with Crippen molar-refractivity contribution in [2.45, 2.75) is 38.1 Å². The first-order chi connectivity index (χ1) is 8.74. The van der Waals surface area contributed by atoms with E-state index in [1.54, 1.807) is 0 Å². The maximum atomic E-state index is 12.6. The monoisotopic (exact) mass is 309 g/mol. The van der Waals surface area contributed by atoms with Gasteiger partial charge in [0.15, 0.2) is 0 Å². The van der Waals surface area contributed by atoms with Crippen molar-refractivity contribution in [2.24, 2.45) is 0 Å². The van der Waals surface area contributed by atoms with Gasteiger partial charge >= 0.3 is 0 Å². The minimum absolute atomic E-state index is 0.0363. The SMILES string of the molecule is CC(C(=O)N1CCCCC1CBr)c1ccccc1. The minimum atomic E-state index is -0.0363. The molecule has 98 valence electrons. The smallest absolute Gasteiger partial charge is 0.230 e. The Labute approximate surface area is 117 Å². The van der Waals surface area contributed by atoms with E-state index in [-0.39, 0.29) is 11.8 Å². The molecule has 1 heterocycles. The number of hydrogen-bond acceptors (Lipinski definition) is 1. The lowest BCUT2D eigenvalue weighted by atomic mass is 9.96. The topological polar surface area (TPSA) is 20.3 Å². The standard InChI is InChI=1S/C15H20BrNO/c1-12(13-7-3-2-4-8-13)15(18)17-10-6-5-9-14(17)11-16/h2-4,7-8,12,14H,5-6,9-11H2,1H3. The molecule has 1 amide bonds. The lowest BCUT2D eigenvalue weighted by molar-refractivity contribution is -0.135. The van der Waals surface area contributed by atoms with E-state index in [4.69, 9.17) is 0 Å². The molecule has 18 heavy (non-hydrogen) atoms. The van der Waals surface area contributed by atoms with E-state index in [2.05, 4.69) is 20.8 Å². The summed E-state index contributed by atoms with van der Waals surface area (Å²) in [5, 5.41) is 0.889. The van der Waals surface area contributed by atoms with E-state index in [0.717, 1.165) is 30.3 Å². The van der Waals surface area contributed by atoms with Gasteiger partial charge in [-0.1, -0.05) is 46.3 Å². The number of amides is 1. The zero-order chi connectivity index (χ0) is 13.0. The third kappa shape index (κ3) is 2.94. The van der Waals surface area contributed by atoms with Gasteiger partial charge in [-0.25, -0.2) is 0 Å². The van der Waals surface area contributed by atoms with Crippen LogP contribution in [0.2, 0.25) is 0 Å². The van der Waals surface area contributed by atoms with Gasteiger partial charge in [-0.05, 0) is 31.7 Å². The molecule has 1 aliphatic rings. The second kappa shape index (κ2) is 6.37. The summed E-state index contributed by atoms with van der Waals surface area (Å²) >= 11 is 3.53. The highest BCUT2D eigenvalue weighted by Crippen LogP contribution is 2.24. The fraction of sp³-hybridized carbons (Fsp3) is 0.533. The molecule has 0 aromatic heterocycles. The van der Waals surface area contributed by atoms with Crippen molar-refractivity contribution in [1.82, 2.24) is 4.90 Å². The molecular formula is C15H20BrNO. The van der Waals surface area contributed by atoms with Gasteiger partial charge in [0.25, 0.3) is 0 Å². The zero-order valence-corrected chi connectivity index (χ0v) is 12.4. The maximum Gasteiger partial charge on any atom is 0.230 e. The number of rotatable bonds is 3. The maximum absolute atomic E-state index is 12.6. The average Bonchev–Trinajstić information content (AvgIpc) is 2.46. The van der Waals surface area contributed by atoms with E-state index in [0.29, 0.717) is 6.04 Å². The number of hydrogen-bond donors (Lipinski definition) is 0. The molecule has 2 nitrogen and oxygen atoms in total. The Balaban J connectivity index is 2.10. The van der Waals surface area contributed by atoms with Gasteiger partial charge in [-0.3, -0.25) is 4.79 Å². The van der Waals surface area contributed by atoms with Crippen molar-refractivity contribution in [1.29, 1.82) is 0 Å². The van der Waals surface area contributed by atoms with E-state index >= 15 is 0 Å². The van der Waals surface area contributed by atoms with Crippen LogP contribution in [0, 0.1) is 0 Å². The number of alkyl halides is 1. The highest BCUT2D eigenvalue weighted by molar-refractivity contribution is 9.09. The molecule has 3 heteroatoms. The molecule has 2 rings (SSSR count). The van der Waals surface area contributed by atoms with E-state index in [9.17, 15) is 4.79 Å². The van der Waals surface area contributed by atoms with Crippen molar-refractivity contribution in [3.05, 3.63) is 35.9 Å². The molecule has 1 saturated heterocycles. The highest BCUT2D eigenvalue weighted by Gasteiger charge is 2.29. The Morgan fingerprint density at radius 1 is 1.39 bits per heavy atom. The summed E-state index contributed by atoms with van der Waals surface area (Å²) in [5.41, 5.74) is 1.11. The molecule has 0 radical (unpaired) electrons. The summed E-state index contributed by atoms with van der Waals surface area (Å²) in [6.07, 6.45) is 3.50. The van der Waals surface area contributed by atoms with Crippen molar-refractivity contribution >= 4 is 21.8 Å². The Bertz CT molecular complexity index is 393. The largest absolute Gasteiger partial charge is 0.338 e. The van der Waals surface area contributed by atoms with Crippen LogP contribution in [0.25, 0.3) is 0 Å². The summed E-state index contributed by atoms with van der Waals surface area (Å²) in [6.45, 7) is 2.92. The Morgan fingerprint density at radius 2 is 2.11 bits per heavy atom. The van der Waals surface area contributed by atoms with Crippen molar-refractivity contribution < 1.29 is 4.79 Å². The average molecular weight is 310 g/mol. The van der Waals surface area contributed by atoms with Crippen molar-refractivity contribution in [3.63, 3.8) is 0 Å². The zero-order valence-electron chi connectivity index (χ0n) is 10.8. The third-order valence-electron chi connectivity index (χ3n) is 3.76. The summed E-state index contributed by atoms with van der Waals surface area (Å²) in [4.78, 5) is 14.6. The number of likely N-dealkylation sites (tertiary alicyclic amines) is 1. The minimum Gasteiger partial charge on any atom is -0.338 e. The molecule has 0 bridgehead atoms.